The summed E-state index contributed by atoms with van der Waals surface area (Å²) in [6, 6.07) is 12.0. The molecule has 2 aromatic carbocycles. The first-order valence-electron chi connectivity index (χ1n) is 7.49. The zero-order chi connectivity index (χ0) is 16.4. The lowest BCUT2D eigenvalue weighted by molar-refractivity contribution is 0.281. The van der Waals surface area contributed by atoms with Crippen molar-refractivity contribution in [3.05, 3.63) is 65.5 Å². The second-order valence-corrected chi connectivity index (χ2v) is 7.52. The molecule has 2 aromatic rings. The highest BCUT2D eigenvalue weighted by Crippen LogP contribution is 2.36. The zero-order valence-corrected chi connectivity index (χ0v) is 13.3. The van der Waals surface area contributed by atoms with Gasteiger partial charge in [-0.2, -0.15) is 4.31 Å². The van der Waals surface area contributed by atoms with Crippen molar-refractivity contribution in [3.63, 3.8) is 0 Å². The summed E-state index contributed by atoms with van der Waals surface area (Å²) in [6.07, 6.45) is 1.50. The number of rotatable bonds is 4. The minimum Gasteiger partial charge on any atom is -0.392 e. The van der Waals surface area contributed by atoms with Gasteiger partial charge >= 0.3 is 0 Å². The second kappa shape index (κ2) is 6.39. The number of aliphatic hydroxyl groups excluding tert-OH is 1. The van der Waals surface area contributed by atoms with Gasteiger partial charge in [-0.3, -0.25) is 0 Å². The van der Waals surface area contributed by atoms with Gasteiger partial charge in [-0.25, -0.2) is 12.8 Å². The van der Waals surface area contributed by atoms with Gasteiger partial charge < -0.3 is 5.11 Å². The van der Waals surface area contributed by atoms with Crippen molar-refractivity contribution in [1.29, 1.82) is 0 Å². The summed E-state index contributed by atoms with van der Waals surface area (Å²) < 4.78 is 40.3. The molecule has 1 fully saturated rings. The van der Waals surface area contributed by atoms with Gasteiger partial charge in [-0.05, 0) is 48.2 Å². The molecule has 1 aliphatic rings. The first-order chi connectivity index (χ1) is 11.0. The number of nitrogens with zero attached hydrogens (tertiary/aromatic N) is 1. The molecule has 0 aromatic heterocycles. The third-order valence-corrected chi connectivity index (χ3v) is 6.09. The van der Waals surface area contributed by atoms with E-state index in [0.717, 1.165) is 18.4 Å². The number of hydrogen-bond donors (Lipinski definition) is 1. The van der Waals surface area contributed by atoms with Crippen LogP contribution in [0.2, 0.25) is 0 Å². The molecule has 0 spiro atoms. The van der Waals surface area contributed by atoms with Crippen LogP contribution in [0.1, 0.15) is 30.0 Å². The fourth-order valence-corrected chi connectivity index (χ4v) is 4.63. The Morgan fingerprint density at radius 3 is 2.35 bits per heavy atom. The highest BCUT2D eigenvalue weighted by Gasteiger charge is 2.36. The number of aliphatic hydroxyl groups is 1. The maximum Gasteiger partial charge on any atom is 0.243 e. The highest BCUT2D eigenvalue weighted by atomic mass is 32.2. The topological polar surface area (TPSA) is 57.6 Å². The summed E-state index contributed by atoms with van der Waals surface area (Å²) in [7, 11) is -3.61. The molecule has 3 rings (SSSR count). The first kappa shape index (κ1) is 16.1. The van der Waals surface area contributed by atoms with Crippen LogP contribution in [0.4, 0.5) is 4.39 Å². The van der Waals surface area contributed by atoms with E-state index in [9.17, 15) is 12.8 Å². The van der Waals surface area contributed by atoms with Crippen LogP contribution >= 0.6 is 0 Å². The van der Waals surface area contributed by atoms with Crippen molar-refractivity contribution in [1.82, 2.24) is 4.31 Å². The van der Waals surface area contributed by atoms with Crippen molar-refractivity contribution in [3.8, 4) is 0 Å². The fourth-order valence-electron chi connectivity index (χ4n) is 2.95. The predicted molar refractivity (Wildman–Crippen MR) is 84.6 cm³/mol. The Kier molecular flexibility index (Phi) is 4.48. The normalized spacial score (nSPS) is 19.1. The van der Waals surface area contributed by atoms with E-state index >= 15 is 0 Å². The Labute approximate surface area is 135 Å². The van der Waals surface area contributed by atoms with Crippen LogP contribution in [0, 0.1) is 5.82 Å². The molecule has 122 valence electrons. The van der Waals surface area contributed by atoms with Crippen molar-refractivity contribution >= 4 is 10.0 Å². The second-order valence-electron chi connectivity index (χ2n) is 5.63. The molecule has 0 unspecified atom stereocenters. The lowest BCUT2D eigenvalue weighted by Gasteiger charge is -2.24. The van der Waals surface area contributed by atoms with Gasteiger partial charge in [0.1, 0.15) is 5.82 Å². The molecular formula is C17H18FNO3S. The Hall–Kier alpha value is -1.76. The van der Waals surface area contributed by atoms with Gasteiger partial charge in [0, 0.05) is 6.54 Å². The van der Waals surface area contributed by atoms with Crippen molar-refractivity contribution in [2.75, 3.05) is 6.54 Å². The minimum absolute atomic E-state index is 0.123. The van der Waals surface area contributed by atoms with Gasteiger partial charge in [0.2, 0.25) is 10.0 Å². The standard InChI is InChI=1S/C17H18FNO3S/c18-15-7-5-14(6-8-15)17-2-1-11-19(17)23(21,22)16-9-3-13(12-20)4-10-16/h3-10,17,20H,1-2,11-12H2/t17-/m0/s1. The molecule has 6 heteroatoms. The maximum atomic E-state index is 13.1. The molecule has 1 atom stereocenters. The zero-order valence-electron chi connectivity index (χ0n) is 12.5. The van der Waals surface area contributed by atoms with Crippen LogP contribution < -0.4 is 0 Å². The molecule has 0 radical (unpaired) electrons. The Morgan fingerprint density at radius 1 is 1.09 bits per heavy atom. The summed E-state index contributed by atoms with van der Waals surface area (Å²) in [6.45, 7) is 0.328. The van der Waals surface area contributed by atoms with E-state index in [1.165, 1.54) is 28.6 Å². The van der Waals surface area contributed by atoms with Crippen molar-refractivity contribution in [2.45, 2.75) is 30.4 Å². The van der Waals surface area contributed by atoms with E-state index in [0.29, 0.717) is 12.1 Å². The molecule has 0 saturated carbocycles. The van der Waals surface area contributed by atoms with E-state index < -0.39 is 10.0 Å². The van der Waals surface area contributed by atoms with E-state index in [4.69, 9.17) is 5.11 Å². The van der Waals surface area contributed by atoms with Crippen molar-refractivity contribution < 1.29 is 17.9 Å². The molecule has 1 aliphatic heterocycles. The van der Waals surface area contributed by atoms with E-state index in [-0.39, 0.29) is 23.4 Å². The highest BCUT2D eigenvalue weighted by molar-refractivity contribution is 7.89. The van der Waals surface area contributed by atoms with Gasteiger partial charge in [0.25, 0.3) is 0 Å². The summed E-state index contributed by atoms with van der Waals surface area (Å²) >= 11 is 0. The van der Waals surface area contributed by atoms with Gasteiger partial charge in [-0.1, -0.05) is 24.3 Å². The van der Waals surface area contributed by atoms with Crippen LogP contribution in [0.5, 0.6) is 0 Å². The molecule has 0 bridgehead atoms. The molecule has 23 heavy (non-hydrogen) atoms. The molecule has 1 heterocycles. The lowest BCUT2D eigenvalue weighted by Crippen LogP contribution is -2.30. The molecule has 1 N–H and O–H groups in total. The molecular weight excluding hydrogens is 317 g/mol. The number of benzene rings is 2. The van der Waals surface area contributed by atoms with Crippen LogP contribution in [0.15, 0.2) is 53.4 Å². The third-order valence-electron chi connectivity index (χ3n) is 4.17. The van der Waals surface area contributed by atoms with Crippen LogP contribution in [-0.2, 0) is 16.6 Å². The Balaban J connectivity index is 1.92. The summed E-state index contributed by atoms with van der Waals surface area (Å²) in [5, 5.41) is 9.07. The average molecular weight is 335 g/mol. The number of sulfonamides is 1. The van der Waals surface area contributed by atoms with Gasteiger partial charge in [0.05, 0.1) is 17.5 Å². The summed E-state index contributed by atoms with van der Waals surface area (Å²) in [5.41, 5.74) is 1.47. The minimum atomic E-state index is -3.61. The van der Waals surface area contributed by atoms with Crippen LogP contribution in [-0.4, -0.2) is 24.4 Å². The average Bonchev–Trinajstić information content (AvgIpc) is 3.06. The Morgan fingerprint density at radius 2 is 1.74 bits per heavy atom. The number of hydrogen-bond acceptors (Lipinski definition) is 3. The monoisotopic (exact) mass is 335 g/mol. The molecule has 0 aliphatic carbocycles. The molecule has 4 nitrogen and oxygen atoms in total. The number of halogens is 1. The smallest absolute Gasteiger partial charge is 0.243 e. The molecule has 1 saturated heterocycles. The summed E-state index contributed by atoms with van der Waals surface area (Å²) in [4.78, 5) is 0.212. The quantitative estimate of drug-likeness (QED) is 0.935. The van der Waals surface area contributed by atoms with E-state index in [1.54, 1.807) is 24.3 Å². The Bertz CT molecular complexity index is 772. The van der Waals surface area contributed by atoms with Gasteiger partial charge in [0.15, 0.2) is 0 Å². The van der Waals surface area contributed by atoms with Gasteiger partial charge in [-0.15, -0.1) is 0 Å². The molecule has 0 amide bonds. The SMILES string of the molecule is O=S(=O)(c1ccc(CO)cc1)N1CCC[C@H]1c1ccc(F)cc1. The van der Waals surface area contributed by atoms with Crippen molar-refractivity contribution in [2.24, 2.45) is 0 Å². The maximum absolute atomic E-state index is 13.1. The fraction of sp³-hybridized carbons (Fsp3) is 0.294. The largest absolute Gasteiger partial charge is 0.392 e. The lowest BCUT2D eigenvalue weighted by atomic mass is 10.1. The third kappa shape index (κ3) is 3.15. The first-order valence-corrected chi connectivity index (χ1v) is 8.93. The van der Waals surface area contributed by atoms with Crippen LogP contribution in [0.3, 0.4) is 0 Å². The summed E-state index contributed by atoms with van der Waals surface area (Å²) in [5.74, 6) is -0.333. The van der Waals surface area contributed by atoms with E-state index in [2.05, 4.69) is 0 Å². The predicted octanol–water partition coefficient (Wildman–Crippen LogP) is 2.84. The van der Waals surface area contributed by atoms with Crippen LogP contribution in [0.25, 0.3) is 0 Å². The van der Waals surface area contributed by atoms with E-state index in [1.807, 2.05) is 0 Å².